The number of alkyl halides is 3. The highest BCUT2D eigenvalue weighted by atomic mass is 32.2. The summed E-state index contributed by atoms with van der Waals surface area (Å²) in [4.78, 5) is 13.2. The number of H-pyrrole nitrogens is 1. The molecule has 0 aliphatic rings. The van der Waals surface area contributed by atoms with E-state index in [1.807, 2.05) is 18.9 Å². The van der Waals surface area contributed by atoms with E-state index in [1.54, 1.807) is 24.3 Å². The molecule has 154 valence electrons. The number of aryl methyl sites for hydroxylation is 2. The predicted molar refractivity (Wildman–Crippen MR) is 99.6 cm³/mol. The highest BCUT2D eigenvalue weighted by Gasteiger charge is 2.35. The zero-order valence-electron chi connectivity index (χ0n) is 15.7. The van der Waals surface area contributed by atoms with Crippen molar-refractivity contribution in [2.24, 2.45) is 0 Å². The van der Waals surface area contributed by atoms with Crippen LogP contribution >= 0.6 is 11.8 Å². The predicted octanol–water partition coefficient (Wildman–Crippen LogP) is 4.73. The van der Waals surface area contributed by atoms with Crippen LogP contribution in [0.5, 0.6) is 0 Å². The van der Waals surface area contributed by atoms with E-state index in [0.717, 1.165) is 23.2 Å². The first kappa shape index (κ1) is 21.0. The number of carbonyl (C=O) groups is 1. The Kier molecular flexibility index (Phi) is 6.31. The lowest BCUT2D eigenvalue weighted by atomic mass is 10.2. The molecule has 0 unspecified atom stereocenters. The van der Waals surface area contributed by atoms with Gasteiger partial charge in [0.25, 0.3) is 0 Å². The minimum absolute atomic E-state index is 0.0497. The lowest BCUT2D eigenvalue weighted by Crippen LogP contribution is -2.13. The quantitative estimate of drug-likeness (QED) is 0.436. The molecular weight excluding hydrogens is 407 g/mol. The molecule has 2 aromatic heterocycles. The van der Waals surface area contributed by atoms with Crippen LogP contribution < -0.4 is 0 Å². The van der Waals surface area contributed by atoms with E-state index >= 15 is 0 Å². The number of carbonyl (C=O) groups excluding carboxylic acids is 1. The molecule has 0 fully saturated rings. The molecule has 0 saturated heterocycles. The van der Waals surface area contributed by atoms with Gasteiger partial charge in [-0.3, -0.25) is 5.10 Å². The Morgan fingerprint density at radius 1 is 1.28 bits per heavy atom. The Morgan fingerprint density at radius 2 is 2.03 bits per heavy atom. The largest absolute Gasteiger partial charge is 0.462 e. The molecule has 1 aromatic carbocycles. The molecule has 0 radical (unpaired) electrons. The molecule has 6 nitrogen and oxygen atoms in total. The number of aromatic nitrogens is 3. The van der Waals surface area contributed by atoms with Gasteiger partial charge in [0.15, 0.2) is 0 Å². The third-order valence-corrected chi connectivity index (χ3v) is 5.37. The van der Waals surface area contributed by atoms with E-state index in [4.69, 9.17) is 9.26 Å². The Morgan fingerprint density at radius 3 is 2.72 bits per heavy atom. The molecule has 0 aliphatic heterocycles. The summed E-state index contributed by atoms with van der Waals surface area (Å²) in [5, 5.41) is 9.26. The van der Waals surface area contributed by atoms with Crippen molar-refractivity contribution in [2.75, 3.05) is 6.61 Å². The van der Waals surface area contributed by atoms with Gasteiger partial charge in [-0.2, -0.15) is 18.3 Å². The maximum Gasteiger partial charge on any atom is 0.433 e. The number of benzene rings is 1. The molecule has 2 heterocycles. The van der Waals surface area contributed by atoms with Gasteiger partial charge in [-0.05, 0) is 26.0 Å². The van der Waals surface area contributed by atoms with Crippen LogP contribution in [0.2, 0.25) is 0 Å². The average molecular weight is 425 g/mol. The van der Waals surface area contributed by atoms with Crippen molar-refractivity contribution in [1.29, 1.82) is 0 Å². The monoisotopic (exact) mass is 425 g/mol. The van der Waals surface area contributed by atoms with Crippen LogP contribution in [0.15, 0.2) is 39.9 Å². The standard InChI is InChI=1S/C19H18F3N3O3S/c1-11-15(12(2)28-25-11)10-29-16-6-4-3-5-14(16)18(26)27-8-7-13-9-23-24-17(13)19(20,21)22/h3-6,9H,7-8,10H2,1-2H3,(H,23,24). The van der Waals surface area contributed by atoms with Gasteiger partial charge < -0.3 is 9.26 Å². The summed E-state index contributed by atoms with van der Waals surface area (Å²) >= 11 is 1.43. The van der Waals surface area contributed by atoms with Gasteiger partial charge in [0.05, 0.1) is 24.1 Å². The van der Waals surface area contributed by atoms with Crippen molar-refractivity contribution in [2.45, 2.75) is 37.1 Å². The Labute approximate surface area is 168 Å². The van der Waals surface area contributed by atoms with E-state index in [1.165, 1.54) is 11.8 Å². The first-order chi connectivity index (χ1) is 13.8. The van der Waals surface area contributed by atoms with Gasteiger partial charge in [0.1, 0.15) is 11.5 Å². The van der Waals surface area contributed by atoms with Crippen molar-refractivity contribution < 1.29 is 27.2 Å². The molecule has 10 heteroatoms. The number of rotatable bonds is 7. The first-order valence-corrected chi connectivity index (χ1v) is 9.66. The maximum atomic E-state index is 12.9. The molecule has 29 heavy (non-hydrogen) atoms. The molecule has 0 saturated carbocycles. The summed E-state index contributed by atoms with van der Waals surface area (Å²) in [7, 11) is 0. The number of thioether (sulfide) groups is 1. The second-order valence-electron chi connectivity index (χ2n) is 6.24. The number of nitrogens with one attached hydrogen (secondary N) is 1. The third-order valence-electron chi connectivity index (χ3n) is 4.27. The zero-order chi connectivity index (χ0) is 21.0. The van der Waals surface area contributed by atoms with Gasteiger partial charge in [-0.1, -0.05) is 17.3 Å². The van der Waals surface area contributed by atoms with Crippen molar-refractivity contribution in [3.8, 4) is 0 Å². The van der Waals surface area contributed by atoms with Crippen molar-refractivity contribution >= 4 is 17.7 Å². The highest BCUT2D eigenvalue weighted by Crippen LogP contribution is 2.31. The summed E-state index contributed by atoms with van der Waals surface area (Å²) in [6.07, 6.45) is -3.53. The summed E-state index contributed by atoms with van der Waals surface area (Å²) < 4.78 is 48.9. The average Bonchev–Trinajstić information content (AvgIpc) is 3.27. The number of nitrogens with zero attached hydrogens (tertiary/aromatic N) is 2. The fourth-order valence-electron chi connectivity index (χ4n) is 2.70. The van der Waals surface area contributed by atoms with Gasteiger partial charge in [-0.15, -0.1) is 11.8 Å². The SMILES string of the molecule is Cc1noc(C)c1CSc1ccccc1C(=O)OCCc1cn[nH]c1C(F)(F)F. The van der Waals surface area contributed by atoms with E-state index in [2.05, 4.69) is 10.3 Å². The lowest BCUT2D eigenvalue weighted by molar-refractivity contribution is -0.141. The minimum atomic E-state index is -4.53. The van der Waals surface area contributed by atoms with Crippen LogP contribution in [0.1, 0.15) is 38.6 Å². The zero-order valence-corrected chi connectivity index (χ0v) is 16.5. The van der Waals surface area contributed by atoms with Crippen LogP contribution in [0, 0.1) is 13.8 Å². The van der Waals surface area contributed by atoms with E-state index < -0.39 is 17.8 Å². The van der Waals surface area contributed by atoms with Crippen LogP contribution in [-0.4, -0.2) is 27.9 Å². The Balaban J connectivity index is 1.62. The molecule has 1 N–H and O–H groups in total. The molecule has 0 amide bonds. The molecule has 0 atom stereocenters. The number of esters is 1. The summed E-state index contributed by atoms with van der Waals surface area (Å²) in [5.41, 5.74) is 1.12. The van der Waals surface area contributed by atoms with E-state index in [-0.39, 0.29) is 18.6 Å². The summed E-state index contributed by atoms with van der Waals surface area (Å²) in [5.74, 6) is 0.689. The Hall–Kier alpha value is -2.75. The number of ether oxygens (including phenoxy) is 1. The molecule has 3 aromatic rings. The molecule has 3 rings (SSSR count). The van der Waals surface area contributed by atoms with Gasteiger partial charge in [0.2, 0.25) is 0 Å². The summed E-state index contributed by atoms with van der Waals surface area (Å²) in [6, 6.07) is 6.91. The van der Waals surface area contributed by atoms with Crippen LogP contribution in [0.25, 0.3) is 0 Å². The minimum Gasteiger partial charge on any atom is -0.462 e. The van der Waals surface area contributed by atoms with E-state index in [0.29, 0.717) is 16.2 Å². The number of hydrogen-bond acceptors (Lipinski definition) is 6. The van der Waals surface area contributed by atoms with Crippen molar-refractivity contribution in [3.63, 3.8) is 0 Å². The second kappa shape index (κ2) is 8.73. The van der Waals surface area contributed by atoms with Gasteiger partial charge in [0, 0.05) is 28.2 Å². The number of halogens is 3. The third kappa shape index (κ3) is 5.00. The molecular formula is C19H18F3N3O3S. The second-order valence-corrected chi connectivity index (χ2v) is 7.26. The maximum absolute atomic E-state index is 12.9. The fourth-order valence-corrected chi connectivity index (χ4v) is 3.89. The smallest absolute Gasteiger partial charge is 0.433 e. The molecule has 0 aliphatic carbocycles. The first-order valence-electron chi connectivity index (χ1n) is 8.67. The van der Waals surface area contributed by atoms with Gasteiger partial charge in [-0.25, -0.2) is 4.79 Å². The fraction of sp³-hybridized carbons (Fsp3) is 0.316. The van der Waals surface area contributed by atoms with Gasteiger partial charge >= 0.3 is 12.1 Å². The summed E-state index contributed by atoms with van der Waals surface area (Å²) in [6.45, 7) is 3.48. The van der Waals surface area contributed by atoms with E-state index in [9.17, 15) is 18.0 Å². The lowest BCUT2D eigenvalue weighted by Gasteiger charge is -2.10. The molecule has 0 spiro atoms. The van der Waals surface area contributed by atoms with Crippen LogP contribution in [0.4, 0.5) is 13.2 Å². The van der Waals surface area contributed by atoms with Crippen molar-refractivity contribution in [1.82, 2.24) is 15.4 Å². The number of aromatic amines is 1. The number of hydrogen-bond donors (Lipinski definition) is 1. The topological polar surface area (TPSA) is 81.0 Å². The van der Waals surface area contributed by atoms with Crippen molar-refractivity contribution in [3.05, 3.63) is 64.3 Å². The van der Waals surface area contributed by atoms with Crippen LogP contribution in [-0.2, 0) is 23.1 Å². The molecule has 0 bridgehead atoms. The normalized spacial score (nSPS) is 11.6. The Bertz CT molecular complexity index is 978. The van der Waals surface area contributed by atoms with Crippen LogP contribution in [0.3, 0.4) is 0 Å². The highest BCUT2D eigenvalue weighted by molar-refractivity contribution is 7.98.